The van der Waals surface area contributed by atoms with Gasteiger partial charge >= 0.3 is 0 Å². The minimum Gasteiger partial charge on any atom is -0.391 e. The molecule has 0 saturated heterocycles. The largest absolute Gasteiger partial charge is 0.391 e. The summed E-state index contributed by atoms with van der Waals surface area (Å²) >= 11 is 0. The molecule has 5 rings (SSSR count). The van der Waals surface area contributed by atoms with Gasteiger partial charge in [-0.1, -0.05) is 6.92 Å². The number of fused-ring (bicyclic) bond motifs is 1. The predicted octanol–water partition coefficient (Wildman–Crippen LogP) is 4.82. The SMILES string of the molecule is CC1CC(c2ccncc2Nc2ncc3ccc(-c4c(F)cc(C(C)(C)C#N)cc4F)nn23)CC(N)C1O. The topological polar surface area (TPSA) is 125 Å². The lowest BCUT2D eigenvalue weighted by Gasteiger charge is -2.36. The molecule has 1 saturated carbocycles. The Morgan fingerprint density at radius 3 is 2.58 bits per heavy atom. The van der Waals surface area contributed by atoms with E-state index in [0.717, 1.165) is 12.0 Å². The Bertz CT molecular complexity index is 1510. The average molecular weight is 518 g/mol. The van der Waals surface area contributed by atoms with Crippen LogP contribution in [0.1, 0.15) is 50.7 Å². The first-order valence-corrected chi connectivity index (χ1v) is 12.5. The second kappa shape index (κ2) is 9.74. The molecule has 1 aliphatic rings. The Labute approximate surface area is 219 Å². The van der Waals surface area contributed by atoms with Crippen molar-refractivity contribution < 1.29 is 13.9 Å². The number of benzene rings is 1. The molecule has 1 aromatic carbocycles. The highest BCUT2D eigenvalue weighted by Crippen LogP contribution is 2.39. The van der Waals surface area contributed by atoms with Gasteiger partial charge in [-0.2, -0.15) is 14.9 Å². The first kappa shape index (κ1) is 25.7. The second-order valence-corrected chi connectivity index (χ2v) is 10.6. The van der Waals surface area contributed by atoms with Crippen molar-refractivity contribution in [2.24, 2.45) is 11.7 Å². The number of nitrogens with two attached hydrogens (primary N) is 1. The third-order valence-electron chi connectivity index (χ3n) is 7.46. The molecule has 3 aromatic heterocycles. The van der Waals surface area contributed by atoms with Crippen LogP contribution < -0.4 is 11.1 Å². The van der Waals surface area contributed by atoms with Crippen LogP contribution in [0, 0.1) is 28.9 Å². The van der Waals surface area contributed by atoms with Crippen molar-refractivity contribution in [1.82, 2.24) is 19.6 Å². The number of aromatic nitrogens is 4. The van der Waals surface area contributed by atoms with Gasteiger partial charge in [0.15, 0.2) is 0 Å². The normalized spacial score (nSPS) is 21.8. The van der Waals surface area contributed by atoms with Gasteiger partial charge in [0.05, 0.1) is 52.4 Å². The van der Waals surface area contributed by atoms with Crippen LogP contribution in [0.25, 0.3) is 16.8 Å². The van der Waals surface area contributed by atoms with Gasteiger partial charge in [-0.25, -0.2) is 13.8 Å². The highest BCUT2D eigenvalue weighted by Gasteiger charge is 2.34. The summed E-state index contributed by atoms with van der Waals surface area (Å²) in [4.78, 5) is 8.68. The molecule has 0 amide bonds. The van der Waals surface area contributed by atoms with Gasteiger partial charge in [-0.15, -0.1) is 0 Å². The van der Waals surface area contributed by atoms with Gasteiger partial charge in [0.2, 0.25) is 5.95 Å². The summed E-state index contributed by atoms with van der Waals surface area (Å²) in [6, 6.07) is 9.23. The monoisotopic (exact) mass is 517 g/mol. The fourth-order valence-corrected chi connectivity index (χ4v) is 5.16. The van der Waals surface area contributed by atoms with Crippen molar-refractivity contribution in [2.45, 2.75) is 57.1 Å². The molecule has 0 bridgehead atoms. The molecule has 1 fully saturated rings. The second-order valence-electron chi connectivity index (χ2n) is 10.6. The number of halogens is 2. The van der Waals surface area contributed by atoms with E-state index in [4.69, 9.17) is 5.73 Å². The summed E-state index contributed by atoms with van der Waals surface area (Å²) < 4.78 is 31.7. The third kappa shape index (κ3) is 4.59. The Morgan fingerprint density at radius 2 is 1.89 bits per heavy atom. The van der Waals surface area contributed by atoms with Crippen LogP contribution in [-0.4, -0.2) is 36.8 Å². The van der Waals surface area contributed by atoms with Gasteiger partial charge < -0.3 is 16.2 Å². The van der Waals surface area contributed by atoms with E-state index < -0.39 is 23.2 Å². The molecule has 0 spiro atoms. The van der Waals surface area contributed by atoms with Crippen LogP contribution in [0.15, 0.2) is 48.9 Å². The van der Waals surface area contributed by atoms with Crippen molar-refractivity contribution in [3.63, 3.8) is 0 Å². The number of imidazole rings is 1. The van der Waals surface area contributed by atoms with E-state index >= 15 is 8.78 Å². The number of rotatable bonds is 5. The van der Waals surface area contributed by atoms with Crippen LogP contribution in [0.3, 0.4) is 0 Å². The summed E-state index contributed by atoms with van der Waals surface area (Å²) in [5.41, 5.74) is 7.55. The van der Waals surface area contributed by atoms with Crippen LogP contribution in [0.2, 0.25) is 0 Å². The van der Waals surface area contributed by atoms with Crippen molar-refractivity contribution in [2.75, 3.05) is 5.32 Å². The van der Waals surface area contributed by atoms with Crippen LogP contribution >= 0.6 is 0 Å². The van der Waals surface area contributed by atoms with E-state index in [9.17, 15) is 10.4 Å². The zero-order chi connectivity index (χ0) is 27.2. The minimum atomic E-state index is -1.04. The summed E-state index contributed by atoms with van der Waals surface area (Å²) in [6.07, 6.45) is 5.88. The van der Waals surface area contributed by atoms with E-state index in [1.54, 1.807) is 38.5 Å². The number of nitriles is 1. The lowest BCUT2D eigenvalue weighted by atomic mass is 9.74. The van der Waals surface area contributed by atoms with E-state index in [1.807, 2.05) is 13.0 Å². The van der Waals surface area contributed by atoms with E-state index in [-0.39, 0.29) is 34.7 Å². The van der Waals surface area contributed by atoms with Crippen molar-refractivity contribution >= 4 is 17.2 Å². The summed E-state index contributed by atoms with van der Waals surface area (Å²) in [5, 5.41) is 27.4. The number of aliphatic hydroxyl groups is 1. The summed E-state index contributed by atoms with van der Waals surface area (Å²) in [6.45, 7) is 5.20. The molecular weight excluding hydrogens is 488 g/mol. The smallest absolute Gasteiger partial charge is 0.229 e. The zero-order valence-electron chi connectivity index (χ0n) is 21.4. The van der Waals surface area contributed by atoms with Crippen LogP contribution in [-0.2, 0) is 5.41 Å². The molecule has 4 aromatic rings. The first-order valence-electron chi connectivity index (χ1n) is 12.5. The lowest BCUT2D eigenvalue weighted by molar-refractivity contribution is 0.0521. The Morgan fingerprint density at radius 1 is 1.16 bits per heavy atom. The maximum absolute atomic E-state index is 15.1. The zero-order valence-corrected chi connectivity index (χ0v) is 21.4. The molecule has 8 nitrogen and oxygen atoms in total. The molecule has 196 valence electrons. The van der Waals surface area contributed by atoms with E-state index in [2.05, 4.69) is 26.5 Å². The molecule has 1 aliphatic carbocycles. The predicted molar refractivity (Wildman–Crippen MR) is 140 cm³/mol. The van der Waals surface area contributed by atoms with Gasteiger partial charge in [0.1, 0.15) is 11.6 Å². The standard InChI is InChI=1S/C28H29F2N7O/c1-15-8-16(9-22(32)26(15)38)19-6-7-33-13-24(19)35-27-34-12-18-4-5-23(36-37(18)27)25-20(29)10-17(11-21(25)30)28(2,3)14-31/h4-7,10-13,15-16,22,26,38H,8-9,32H2,1-3H3,(H,34,35). The van der Waals surface area contributed by atoms with Crippen molar-refractivity contribution in [3.05, 3.63) is 71.7 Å². The Kier molecular flexibility index (Phi) is 6.59. The molecular formula is C28H29F2N7O. The van der Waals surface area contributed by atoms with Gasteiger partial charge in [-0.3, -0.25) is 4.98 Å². The molecule has 0 radical (unpaired) electrons. The first-order chi connectivity index (χ1) is 18.1. The average Bonchev–Trinajstić information content (AvgIpc) is 3.29. The van der Waals surface area contributed by atoms with Crippen LogP contribution in [0.4, 0.5) is 20.4 Å². The molecule has 4 unspecified atom stereocenters. The number of anilines is 2. The molecule has 4 N–H and O–H groups in total. The highest BCUT2D eigenvalue weighted by atomic mass is 19.1. The van der Waals surface area contributed by atoms with Crippen molar-refractivity contribution in [1.29, 1.82) is 5.26 Å². The van der Waals surface area contributed by atoms with Crippen LogP contribution in [0.5, 0.6) is 0 Å². The summed E-state index contributed by atoms with van der Waals surface area (Å²) in [7, 11) is 0. The molecule has 3 heterocycles. The maximum Gasteiger partial charge on any atom is 0.229 e. The fraction of sp³-hybridized carbons (Fsp3) is 0.357. The van der Waals surface area contributed by atoms with Gasteiger partial charge in [0.25, 0.3) is 0 Å². The molecule has 4 atom stereocenters. The third-order valence-corrected chi connectivity index (χ3v) is 7.46. The quantitative estimate of drug-likeness (QED) is 0.347. The number of nitrogens with one attached hydrogen (secondary N) is 1. The molecule has 38 heavy (non-hydrogen) atoms. The number of hydrogen-bond acceptors (Lipinski definition) is 7. The number of pyridine rings is 1. The lowest BCUT2D eigenvalue weighted by Crippen LogP contribution is -2.44. The van der Waals surface area contributed by atoms with E-state index in [0.29, 0.717) is 23.6 Å². The number of aliphatic hydroxyl groups excluding tert-OH is 1. The number of nitrogens with zero attached hydrogens (tertiary/aromatic N) is 5. The molecule has 0 aliphatic heterocycles. The summed E-state index contributed by atoms with van der Waals surface area (Å²) in [5.74, 6) is -1.08. The van der Waals surface area contributed by atoms with Crippen molar-refractivity contribution in [3.8, 4) is 17.3 Å². The van der Waals surface area contributed by atoms with Gasteiger partial charge in [0, 0.05) is 12.2 Å². The Balaban J connectivity index is 1.51. The Hall–Kier alpha value is -3.94. The fourth-order valence-electron chi connectivity index (χ4n) is 5.16. The van der Waals surface area contributed by atoms with Gasteiger partial charge in [-0.05, 0) is 80.0 Å². The maximum atomic E-state index is 15.1. The minimum absolute atomic E-state index is 0.0520. The van der Waals surface area contributed by atoms with E-state index in [1.165, 1.54) is 22.7 Å². The number of hydrogen-bond donors (Lipinski definition) is 3. The highest BCUT2D eigenvalue weighted by molar-refractivity contribution is 5.66. The molecule has 10 heteroatoms.